The standard InChI is InChI=1S/C14H23N3O2/c1-17-8-9-18-12(10-17)13-15-14(19-16-13)11-6-4-2-3-5-7-11/h11-12H,2-10H2,1H3. The first-order valence-corrected chi connectivity index (χ1v) is 7.46. The van der Waals surface area contributed by atoms with Crippen LogP contribution in [0.3, 0.4) is 0 Å². The summed E-state index contributed by atoms with van der Waals surface area (Å²) in [5.41, 5.74) is 0. The number of rotatable bonds is 2. The van der Waals surface area contributed by atoms with Crippen molar-refractivity contribution in [1.29, 1.82) is 0 Å². The second kappa shape index (κ2) is 6.01. The molecule has 1 saturated carbocycles. The second-order valence-corrected chi connectivity index (χ2v) is 5.80. The zero-order valence-corrected chi connectivity index (χ0v) is 11.7. The molecule has 106 valence electrons. The van der Waals surface area contributed by atoms with E-state index in [2.05, 4.69) is 22.1 Å². The maximum Gasteiger partial charge on any atom is 0.229 e. The molecule has 0 amide bonds. The highest BCUT2D eigenvalue weighted by Gasteiger charge is 2.27. The molecule has 19 heavy (non-hydrogen) atoms. The molecular weight excluding hydrogens is 242 g/mol. The van der Waals surface area contributed by atoms with Gasteiger partial charge in [0.05, 0.1) is 6.61 Å². The van der Waals surface area contributed by atoms with Crippen LogP contribution in [0, 0.1) is 0 Å². The lowest BCUT2D eigenvalue weighted by atomic mass is 10.0. The number of ether oxygens (including phenoxy) is 1. The molecule has 3 rings (SSSR count). The molecule has 0 N–H and O–H groups in total. The number of likely N-dealkylation sites (N-methyl/N-ethyl adjacent to an activating group) is 1. The van der Waals surface area contributed by atoms with Gasteiger partial charge in [0.1, 0.15) is 6.10 Å². The Bertz CT molecular complexity index is 383. The van der Waals surface area contributed by atoms with Gasteiger partial charge in [0.2, 0.25) is 11.7 Å². The zero-order valence-electron chi connectivity index (χ0n) is 11.7. The highest BCUT2D eigenvalue weighted by molar-refractivity contribution is 4.98. The molecule has 1 aromatic heterocycles. The topological polar surface area (TPSA) is 51.4 Å². The molecule has 2 fully saturated rings. The molecule has 2 aliphatic rings. The molecule has 0 bridgehead atoms. The van der Waals surface area contributed by atoms with Crippen molar-refractivity contribution >= 4 is 0 Å². The number of hydrogen-bond donors (Lipinski definition) is 0. The van der Waals surface area contributed by atoms with Crippen molar-refractivity contribution in [2.75, 3.05) is 26.7 Å². The van der Waals surface area contributed by atoms with Gasteiger partial charge >= 0.3 is 0 Å². The lowest BCUT2D eigenvalue weighted by molar-refractivity contribution is -0.0264. The Kier molecular flexibility index (Phi) is 4.13. The molecule has 0 aromatic carbocycles. The van der Waals surface area contributed by atoms with Gasteiger partial charge in [-0.2, -0.15) is 4.98 Å². The molecule has 1 aliphatic heterocycles. The Labute approximate surface area is 114 Å². The van der Waals surface area contributed by atoms with Crippen molar-refractivity contribution < 1.29 is 9.26 Å². The van der Waals surface area contributed by atoms with Gasteiger partial charge in [-0.3, -0.25) is 0 Å². The third kappa shape index (κ3) is 3.15. The molecule has 0 radical (unpaired) electrons. The molecule has 1 atom stereocenters. The van der Waals surface area contributed by atoms with Crippen LogP contribution in [0.2, 0.25) is 0 Å². The third-order valence-electron chi connectivity index (χ3n) is 4.22. The Hall–Kier alpha value is -0.940. The lowest BCUT2D eigenvalue weighted by Gasteiger charge is -2.27. The van der Waals surface area contributed by atoms with Gasteiger partial charge in [-0.15, -0.1) is 0 Å². The Morgan fingerprint density at radius 3 is 2.68 bits per heavy atom. The summed E-state index contributed by atoms with van der Waals surface area (Å²) in [4.78, 5) is 6.85. The predicted molar refractivity (Wildman–Crippen MR) is 70.9 cm³/mol. The summed E-state index contributed by atoms with van der Waals surface area (Å²) in [5, 5.41) is 4.14. The maximum absolute atomic E-state index is 5.73. The average Bonchev–Trinajstić information content (AvgIpc) is 2.75. The van der Waals surface area contributed by atoms with Gasteiger partial charge in [-0.05, 0) is 19.9 Å². The molecule has 1 unspecified atom stereocenters. The van der Waals surface area contributed by atoms with Crippen molar-refractivity contribution in [1.82, 2.24) is 15.0 Å². The molecule has 5 nitrogen and oxygen atoms in total. The fourth-order valence-electron chi connectivity index (χ4n) is 3.00. The molecular formula is C14H23N3O2. The van der Waals surface area contributed by atoms with E-state index in [4.69, 9.17) is 9.26 Å². The number of hydrogen-bond acceptors (Lipinski definition) is 5. The summed E-state index contributed by atoms with van der Waals surface area (Å²) < 4.78 is 11.2. The van der Waals surface area contributed by atoms with Crippen LogP contribution in [0.1, 0.15) is 62.3 Å². The normalized spacial score (nSPS) is 27.3. The van der Waals surface area contributed by atoms with Gasteiger partial charge in [0, 0.05) is 19.0 Å². The van der Waals surface area contributed by atoms with Gasteiger partial charge in [0.15, 0.2) is 0 Å². The smallest absolute Gasteiger partial charge is 0.229 e. The van der Waals surface area contributed by atoms with Crippen LogP contribution in [0.15, 0.2) is 4.52 Å². The molecule has 0 spiro atoms. The number of morpholine rings is 1. The van der Waals surface area contributed by atoms with Crippen LogP contribution in [-0.4, -0.2) is 41.8 Å². The summed E-state index contributed by atoms with van der Waals surface area (Å²) in [6.07, 6.45) is 7.60. The van der Waals surface area contributed by atoms with E-state index in [9.17, 15) is 0 Å². The third-order valence-corrected chi connectivity index (χ3v) is 4.22. The van der Waals surface area contributed by atoms with Crippen molar-refractivity contribution in [3.8, 4) is 0 Å². The Balaban J connectivity index is 1.68. The molecule has 1 saturated heterocycles. The minimum absolute atomic E-state index is 0.0259. The summed E-state index contributed by atoms with van der Waals surface area (Å²) in [6, 6.07) is 0. The van der Waals surface area contributed by atoms with E-state index in [0.29, 0.717) is 5.92 Å². The van der Waals surface area contributed by atoms with Crippen LogP contribution in [-0.2, 0) is 4.74 Å². The van der Waals surface area contributed by atoms with Crippen molar-refractivity contribution in [2.24, 2.45) is 0 Å². The van der Waals surface area contributed by atoms with E-state index in [1.54, 1.807) is 0 Å². The summed E-state index contributed by atoms with van der Waals surface area (Å²) in [7, 11) is 2.10. The van der Waals surface area contributed by atoms with Crippen molar-refractivity contribution in [3.05, 3.63) is 11.7 Å². The first kappa shape index (κ1) is 13.1. The average molecular weight is 265 g/mol. The quantitative estimate of drug-likeness (QED) is 0.769. The maximum atomic E-state index is 5.73. The Morgan fingerprint density at radius 1 is 1.16 bits per heavy atom. The minimum Gasteiger partial charge on any atom is -0.367 e. The zero-order chi connectivity index (χ0) is 13.1. The van der Waals surface area contributed by atoms with Crippen molar-refractivity contribution in [3.63, 3.8) is 0 Å². The highest BCUT2D eigenvalue weighted by Crippen LogP contribution is 2.31. The van der Waals surface area contributed by atoms with E-state index in [0.717, 1.165) is 31.4 Å². The largest absolute Gasteiger partial charge is 0.367 e. The van der Waals surface area contributed by atoms with Crippen LogP contribution < -0.4 is 0 Å². The van der Waals surface area contributed by atoms with Crippen LogP contribution in [0.5, 0.6) is 0 Å². The molecule has 1 aromatic rings. The van der Waals surface area contributed by atoms with Gasteiger partial charge in [-0.1, -0.05) is 30.8 Å². The summed E-state index contributed by atoms with van der Waals surface area (Å²) in [5.74, 6) is 2.02. The van der Waals surface area contributed by atoms with E-state index >= 15 is 0 Å². The van der Waals surface area contributed by atoms with E-state index in [1.807, 2.05) is 0 Å². The molecule has 1 aliphatic carbocycles. The second-order valence-electron chi connectivity index (χ2n) is 5.80. The van der Waals surface area contributed by atoms with E-state index in [1.165, 1.54) is 38.5 Å². The fourth-order valence-corrected chi connectivity index (χ4v) is 3.00. The number of nitrogens with zero attached hydrogens (tertiary/aromatic N) is 3. The summed E-state index contributed by atoms with van der Waals surface area (Å²) >= 11 is 0. The van der Waals surface area contributed by atoms with Crippen LogP contribution in [0.25, 0.3) is 0 Å². The first-order valence-electron chi connectivity index (χ1n) is 7.46. The monoisotopic (exact) mass is 265 g/mol. The Morgan fingerprint density at radius 2 is 1.95 bits per heavy atom. The molecule has 2 heterocycles. The van der Waals surface area contributed by atoms with Gasteiger partial charge in [-0.25, -0.2) is 0 Å². The summed E-state index contributed by atoms with van der Waals surface area (Å²) in [6.45, 7) is 2.57. The van der Waals surface area contributed by atoms with Crippen LogP contribution >= 0.6 is 0 Å². The van der Waals surface area contributed by atoms with Crippen LogP contribution in [0.4, 0.5) is 0 Å². The van der Waals surface area contributed by atoms with Gasteiger partial charge < -0.3 is 14.2 Å². The van der Waals surface area contributed by atoms with Gasteiger partial charge in [0.25, 0.3) is 0 Å². The predicted octanol–water partition coefficient (Wildman–Crippen LogP) is 2.51. The molecule has 5 heteroatoms. The van der Waals surface area contributed by atoms with E-state index < -0.39 is 0 Å². The lowest BCUT2D eigenvalue weighted by Crippen LogP contribution is -2.35. The first-order chi connectivity index (χ1) is 9.33. The minimum atomic E-state index is -0.0259. The fraction of sp³-hybridized carbons (Fsp3) is 0.857. The SMILES string of the molecule is CN1CCOC(c2noc(C3CCCCCC3)n2)C1. The van der Waals surface area contributed by atoms with Crippen molar-refractivity contribution in [2.45, 2.75) is 50.5 Å². The number of aromatic nitrogens is 2. The van der Waals surface area contributed by atoms with E-state index in [-0.39, 0.29) is 6.10 Å². The highest BCUT2D eigenvalue weighted by atomic mass is 16.5.